The quantitative estimate of drug-likeness (QED) is 0.444. The fourth-order valence-corrected chi connectivity index (χ4v) is 3.51. The molecule has 0 aliphatic heterocycles. The molecule has 9 nitrogen and oxygen atoms in total. The Labute approximate surface area is 171 Å². The van der Waals surface area contributed by atoms with Crippen LogP contribution in [0.2, 0.25) is 0 Å². The Balaban J connectivity index is 1.81. The van der Waals surface area contributed by atoms with Crippen LogP contribution >= 0.6 is 11.8 Å². The van der Waals surface area contributed by atoms with Gasteiger partial charge in [0.2, 0.25) is 5.16 Å². The van der Waals surface area contributed by atoms with Gasteiger partial charge in [0.15, 0.2) is 11.6 Å². The standard InChI is InChI=1S/C19H22N6O3S/c1-4-9-25-15(20)14(17(27)24(3)19(25)28)13(26)10-29-18-21-16(22-23-18)12-7-5-11(2)6-8-12/h5-8H,4,9-10,20H2,1-3H3,(H,21,22,23). The monoisotopic (exact) mass is 414 g/mol. The van der Waals surface area contributed by atoms with Gasteiger partial charge >= 0.3 is 5.69 Å². The number of nitrogens with zero attached hydrogens (tertiary/aromatic N) is 4. The Kier molecular flexibility index (Phi) is 6.02. The first kappa shape index (κ1) is 20.6. The van der Waals surface area contributed by atoms with Gasteiger partial charge in [0.1, 0.15) is 11.4 Å². The van der Waals surface area contributed by atoms with Crippen LogP contribution < -0.4 is 17.0 Å². The number of nitrogens with two attached hydrogens (primary N) is 1. The molecule has 2 aromatic heterocycles. The van der Waals surface area contributed by atoms with E-state index in [1.165, 1.54) is 11.6 Å². The smallest absolute Gasteiger partial charge is 0.332 e. The lowest BCUT2D eigenvalue weighted by Crippen LogP contribution is -2.42. The van der Waals surface area contributed by atoms with Crippen LogP contribution in [0.15, 0.2) is 39.0 Å². The van der Waals surface area contributed by atoms with Gasteiger partial charge in [-0.3, -0.25) is 23.8 Å². The summed E-state index contributed by atoms with van der Waals surface area (Å²) in [6, 6.07) is 7.80. The number of aryl methyl sites for hydroxylation is 1. The molecule has 1 aromatic carbocycles. The molecule has 2 heterocycles. The number of ketones is 1. The molecule has 29 heavy (non-hydrogen) atoms. The molecule has 0 amide bonds. The van der Waals surface area contributed by atoms with E-state index in [0.29, 0.717) is 23.9 Å². The maximum atomic E-state index is 12.7. The van der Waals surface area contributed by atoms with Gasteiger partial charge in [-0.15, -0.1) is 5.10 Å². The van der Waals surface area contributed by atoms with Crippen LogP contribution in [0.3, 0.4) is 0 Å². The molecule has 0 bridgehead atoms. The number of anilines is 1. The van der Waals surface area contributed by atoms with Gasteiger partial charge in [-0.1, -0.05) is 48.5 Å². The summed E-state index contributed by atoms with van der Waals surface area (Å²) in [5, 5.41) is 7.33. The molecule has 0 aliphatic rings. The summed E-state index contributed by atoms with van der Waals surface area (Å²) < 4.78 is 2.16. The number of carbonyl (C=O) groups is 1. The van der Waals surface area contributed by atoms with Crippen LogP contribution in [0.1, 0.15) is 29.3 Å². The SMILES string of the molecule is CCCn1c(N)c(C(=O)CSc2n[nH]c(-c3ccc(C)cc3)n2)c(=O)n(C)c1=O. The van der Waals surface area contributed by atoms with Crippen molar-refractivity contribution in [1.82, 2.24) is 24.3 Å². The molecule has 3 aromatic rings. The number of thioether (sulfide) groups is 1. The van der Waals surface area contributed by atoms with Gasteiger partial charge in [0, 0.05) is 19.2 Å². The molecule has 0 spiro atoms. The number of carbonyl (C=O) groups excluding carboxylic acids is 1. The zero-order valence-electron chi connectivity index (χ0n) is 16.4. The van der Waals surface area contributed by atoms with Crippen molar-refractivity contribution in [2.75, 3.05) is 11.5 Å². The second kappa shape index (κ2) is 8.48. The van der Waals surface area contributed by atoms with Gasteiger partial charge in [-0.05, 0) is 13.3 Å². The first-order valence-corrected chi connectivity index (χ1v) is 10.1. The number of aromatic nitrogens is 5. The predicted molar refractivity (Wildman–Crippen MR) is 112 cm³/mol. The number of hydrogen-bond donors (Lipinski definition) is 2. The van der Waals surface area contributed by atoms with Gasteiger partial charge in [-0.2, -0.15) is 0 Å². The van der Waals surface area contributed by atoms with E-state index < -0.39 is 17.0 Å². The summed E-state index contributed by atoms with van der Waals surface area (Å²) >= 11 is 1.09. The highest BCUT2D eigenvalue weighted by molar-refractivity contribution is 7.99. The van der Waals surface area contributed by atoms with Crippen molar-refractivity contribution in [2.24, 2.45) is 7.05 Å². The summed E-state index contributed by atoms with van der Waals surface area (Å²) in [5.41, 5.74) is 6.60. The number of Topliss-reactive ketones (excluding diaryl/α,β-unsaturated/α-hetero) is 1. The van der Waals surface area contributed by atoms with E-state index in [4.69, 9.17) is 5.73 Å². The topological polar surface area (TPSA) is 129 Å². The Bertz CT molecular complexity index is 1160. The summed E-state index contributed by atoms with van der Waals surface area (Å²) in [7, 11) is 1.34. The van der Waals surface area contributed by atoms with Crippen molar-refractivity contribution in [3.63, 3.8) is 0 Å². The minimum Gasteiger partial charge on any atom is -0.384 e. The van der Waals surface area contributed by atoms with E-state index in [1.54, 1.807) is 0 Å². The van der Waals surface area contributed by atoms with E-state index in [9.17, 15) is 14.4 Å². The number of nitrogens with one attached hydrogen (secondary N) is 1. The van der Waals surface area contributed by atoms with Crippen LogP contribution in [0.4, 0.5) is 5.82 Å². The summed E-state index contributed by atoms with van der Waals surface area (Å²) in [6.45, 7) is 4.20. The third kappa shape index (κ3) is 4.16. The van der Waals surface area contributed by atoms with E-state index in [2.05, 4.69) is 15.2 Å². The Morgan fingerprint density at radius 1 is 1.24 bits per heavy atom. The lowest BCUT2D eigenvalue weighted by molar-refractivity contribution is 0.102. The molecular weight excluding hydrogens is 392 g/mol. The average molecular weight is 414 g/mol. The number of rotatable bonds is 7. The second-order valence-electron chi connectivity index (χ2n) is 6.60. The van der Waals surface area contributed by atoms with Crippen molar-refractivity contribution >= 4 is 23.4 Å². The first-order chi connectivity index (χ1) is 13.8. The third-order valence-corrected chi connectivity index (χ3v) is 5.28. The molecule has 3 rings (SSSR count). The highest BCUT2D eigenvalue weighted by Crippen LogP contribution is 2.20. The molecule has 152 valence electrons. The second-order valence-corrected chi connectivity index (χ2v) is 7.55. The lowest BCUT2D eigenvalue weighted by atomic mass is 10.1. The van der Waals surface area contributed by atoms with E-state index in [0.717, 1.165) is 27.5 Å². The normalized spacial score (nSPS) is 11.0. The molecule has 0 aliphatic carbocycles. The van der Waals surface area contributed by atoms with Crippen LogP contribution in [-0.2, 0) is 13.6 Å². The number of aromatic amines is 1. The maximum Gasteiger partial charge on any atom is 0.332 e. The fraction of sp³-hybridized carbons (Fsp3) is 0.316. The molecule has 0 radical (unpaired) electrons. The summed E-state index contributed by atoms with van der Waals surface area (Å²) in [5.74, 6) is -0.0537. The third-order valence-electron chi connectivity index (χ3n) is 4.43. The Morgan fingerprint density at radius 2 is 1.93 bits per heavy atom. The van der Waals surface area contributed by atoms with Gasteiger partial charge in [0.25, 0.3) is 5.56 Å². The van der Waals surface area contributed by atoms with E-state index in [-0.39, 0.29) is 17.1 Å². The van der Waals surface area contributed by atoms with Crippen LogP contribution in [0.5, 0.6) is 0 Å². The number of hydrogen-bond acceptors (Lipinski definition) is 7. The Hall–Kier alpha value is -3.14. The largest absolute Gasteiger partial charge is 0.384 e. The van der Waals surface area contributed by atoms with Gasteiger partial charge < -0.3 is 5.73 Å². The molecule has 0 saturated heterocycles. The lowest BCUT2D eigenvalue weighted by Gasteiger charge is -2.13. The van der Waals surface area contributed by atoms with Crippen molar-refractivity contribution in [3.05, 3.63) is 56.2 Å². The van der Waals surface area contributed by atoms with E-state index in [1.807, 2.05) is 38.1 Å². The van der Waals surface area contributed by atoms with Crippen LogP contribution in [0, 0.1) is 6.92 Å². The van der Waals surface area contributed by atoms with Crippen molar-refractivity contribution < 1.29 is 4.79 Å². The minimum atomic E-state index is -0.694. The molecular formula is C19H22N6O3S. The maximum absolute atomic E-state index is 12.7. The van der Waals surface area contributed by atoms with Crippen molar-refractivity contribution in [1.29, 1.82) is 0 Å². The van der Waals surface area contributed by atoms with Crippen molar-refractivity contribution in [3.8, 4) is 11.4 Å². The molecule has 0 fully saturated rings. The molecule has 0 unspecified atom stereocenters. The van der Waals surface area contributed by atoms with Crippen LogP contribution in [0.25, 0.3) is 11.4 Å². The highest BCUT2D eigenvalue weighted by atomic mass is 32.2. The molecule has 3 N–H and O–H groups in total. The minimum absolute atomic E-state index is 0.0744. The van der Waals surface area contributed by atoms with Gasteiger partial charge in [0.05, 0.1) is 5.75 Å². The zero-order valence-corrected chi connectivity index (χ0v) is 17.2. The Morgan fingerprint density at radius 3 is 2.59 bits per heavy atom. The summed E-state index contributed by atoms with van der Waals surface area (Å²) in [6.07, 6.45) is 0.643. The highest BCUT2D eigenvalue weighted by Gasteiger charge is 2.22. The molecule has 10 heteroatoms. The van der Waals surface area contributed by atoms with E-state index >= 15 is 0 Å². The molecule has 0 atom stereocenters. The number of benzene rings is 1. The average Bonchev–Trinajstić information content (AvgIpc) is 3.18. The fourth-order valence-electron chi connectivity index (χ4n) is 2.84. The van der Waals surface area contributed by atoms with Crippen molar-refractivity contribution in [2.45, 2.75) is 32.0 Å². The number of nitrogen functional groups attached to an aromatic ring is 1. The van der Waals surface area contributed by atoms with Crippen LogP contribution in [-0.4, -0.2) is 35.9 Å². The number of H-pyrrole nitrogens is 1. The first-order valence-electron chi connectivity index (χ1n) is 9.08. The van der Waals surface area contributed by atoms with Gasteiger partial charge in [-0.25, -0.2) is 9.78 Å². The molecule has 0 saturated carbocycles. The zero-order chi connectivity index (χ0) is 21.1. The summed E-state index contributed by atoms with van der Waals surface area (Å²) in [4.78, 5) is 41.7. The predicted octanol–water partition coefficient (Wildman–Crippen LogP) is 1.61.